The number of benzene rings is 1. The third-order valence-electron chi connectivity index (χ3n) is 4.11. The summed E-state index contributed by atoms with van der Waals surface area (Å²) in [5.41, 5.74) is 0.999. The van der Waals surface area contributed by atoms with E-state index in [9.17, 15) is 23.1 Å². The van der Waals surface area contributed by atoms with Crippen LogP contribution < -0.4 is 5.32 Å². The molecule has 5 nitrogen and oxygen atoms in total. The number of halogens is 3. The average Bonchev–Trinajstić information content (AvgIpc) is 2.52. The fourth-order valence-electron chi connectivity index (χ4n) is 2.72. The van der Waals surface area contributed by atoms with Crippen molar-refractivity contribution in [3.8, 4) is 5.75 Å². The summed E-state index contributed by atoms with van der Waals surface area (Å²) < 4.78 is 36.5. The maximum absolute atomic E-state index is 12.2. The summed E-state index contributed by atoms with van der Waals surface area (Å²) >= 11 is 0. The number of hydrogen-bond acceptors (Lipinski definition) is 4. The first kappa shape index (κ1) is 18.5. The molecular weight excluding hydrogens is 323 g/mol. The number of alkyl halides is 3. The molecule has 0 saturated carbocycles. The van der Waals surface area contributed by atoms with Crippen molar-refractivity contribution in [2.75, 3.05) is 32.7 Å². The van der Waals surface area contributed by atoms with Gasteiger partial charge in [-0.15, -0.1) is 0 Å². The standard InChI is InChI=1S/C16H22F3N3O2/c1-12(15(24)20-11-16(17,18)19)22-7-5-21(6-8-22)10-13-3-2-4-14(23)9-13/h2-4,9,12,23H,5-8,10-11H2,1H3,(H,20,24)/t12-/m1/s1. The zero-order chi connectivity index (χ0) is 17.7. The first-order valence-electron chi connectivity index (χ1n) is 7.83. The average molecular weight is 345 g/mol. The van der Waals surface area contributed by atoms with E-state index in [0.29, 0.717) is 32.7 Å². The second kappa shape index (κ2) is 7.85. The lowest BCUT2D eigenvalue weighted by molar-refractivity contribution is -0.141. The maximum Gasteiger partial charge on any atom is 0.405 e. The molecule has 1 aromatic carbocycles. The van der Waals surface area contributed by atoms with E-state index in [1.165, 1.54) is 0 Å². The van der Waals surface area contributed by atoms with Crippen LogP contribution in [0.3, 0.4) is 0 Å². The van der Waals surface area contributed by atoms with Gasteiger partial charge >= 0.3 is 6.18 Å². The van der Waals surface area contributed by atoms with Crippen molar-refractivity contribution in [3.63, 3.8) is 0 Å². The molecule has 1 atom stereocenters. The molecule has 0 aliphatic carbocycles. The molecular formula is C16H22F3N3O2. The highest BCUT2D eigenvalue weighted by atomic mass is 19.4. The Kier molecular flexibility index (Phi) is 6.06. The Hall–Kier alpha value is -1.80. The summed E-state index contributed by atoms with van der Waals surface area (Å²) in [6.45, 7) is 3.67. The SMILES string of the molecule is C[C@H](C(=O)NCC(F)(F)F)N1CCN(Cc2cccc(O)c2)CC1. The Morgan fingerprint density at radius 2 is 1.96 bits per heavy atom. The number of carbonyl (C=O) groups is 1. The van der Waals surface area contributed by atoms with Crippen LogP contribution in [0.4, 0.5) is 13.2 Å². The molecule has 0 spiro atoms. The van der Waals surface area contributed by atoms with E-state index in [1.807, 2.05) is 16.3 Å². The summed E-state index contributed by atoms with van der Waals surface area (Å²) in [6.07, 6.45) is -4.39. The van der Waals surface area contributed by atoms with Crippen LogP contribution in [0.1, 0.15) is 12.5 Å². The number of nitrogens with zero attached hydrogens (tertiary/aromatic N) is 2. The van der Waals surface area contributed by atoms with Crippen molar-refractivity contribution >= 4 is 5.91 Å². The van der Waals surface area contributed by atoms with E-state index in [2.05, 4.69) is 4.90 Å². The van der Waals surface area contributed by atoms with Gasteiger partial charge in [-0.25, -0.2) is 0 Å². The van der Waals surface area contributed by atoms with Crippen molar-refractivity contribution in [1.29, 1.82) is 0 Å². The highest BCUT2D eigenvalue weighted by Gasteiger charge is 2.31. The van der Waals surface area contributed by atoms with Gasteiger partial charge in [-0.05, 0) is 24.6 Å². The van der Waals surface area contributed by atoms with E-state index in [1.54, 1.807) is 25.1 Å². The van der Waals surface area contributed by atoms with Crippen LogP contribution >= 0.6 is 0 Å². The molecule has 0 bridgehead atoms. The number of amides is 1. The Bertz CT molecular complexity index is 558. The van der Waals surface area contributed by atoms with E-state index >= 15 is 0 Å². The normalized spacial score (nSPS) is 18.3. The minimum Gasteiger partial charge on any atom is -0.508 e. The highest BCUT2D eigenvalue weighted by molar-refractivity contribution is 5.81. The third-order valence-corrected chi connectivity index (χ3v) is 4.11. The van der Waals surface area contributed by atoms with Crippen molar-refractivity contribution in [3.05, 3.63) is 29.8 Å². The van der Waals surface area contributed by atoms with Crippen LogP contribution in [-0.2, 0) is 11.3 Å². The topological polar surface area (TPSA) is 55.8 Å². The third kappa shape index (κ3) is 5.68. The van der Waals surface area contributed by atoms with E-state index in [4.69, 9.17) is 0 Å². The molecule has 24 heavy (non-hydrogen) atoms. The van der Waals surface area contributed by atoms with Gasteiger partial charge in [0.1, 0.15) is 12.3 Å². The van der Waals surface area contributed by atoms with Gasteiger partial charge in [-0.2, -0.15) is 13.2 Å². The number of phenolic OH excluding ortho intramolecular Hbond substituents is 1. The van der Waals surface area contributed by atoms with Crippen LogP contribution in [0.25, 0.3) is 0 Å². The Morgan fingerprint density at radius 1 is 1.29 bits per heavy atom. The predicted octanol–water partition coefficient (Wildman–Crippen LogP) is 1.58. The van der Waals surface area contributed by atoms with Crippen LogP contribution in [0.2, 0.25) is 0 Å². The van der Waals surface area contributed by atoms with E-state index in [-0.39, 0.29) is 5.75 Å². The van der Waals surface area contributed by atoms with Crippen molar-refractivity contribution < 1.29 is 23.1 Å². The van der Waals surface area contributed by atoms with Gasteiger partial charge in [0.15, 0.2) is 0 Å². The van der Waals surface area contributed by atoms with Crippen molar-refractivity contribution in [2.24, 2.45) is 0 Å². The Labute approximate surface area is 139 Å². The molecule has 1 aliphatic rings. The molecule has 1 fully saturated rings. The highest BCUT2D eigenvalue weighted by Crippen LogP contribution is 2.16. The Balaban J connectivity index is 1.78. The molecule has 1 amide bonds. The lowest BCUT2D eigenvalue weighted by Gasteiger charge is -2.37. The lowest BCUT2D eigenvalue weighted by Crippen LogP contribution is -2.54. The van der Waals surface area contributed by atoms with Gasteiger partial charge in [0.25, 0.3) is 0 Å². The van der Waals surface area contributed by atoms with E-state index < -0.39 is 24.7 Å². The number of aromatic hydroxyl groups is 1. The van der Waals surface area contributed by atoms with Gasteiger partial charge < -0.3 is 10.4 Å². The molecule has 8 heteroatoms. The molecule has 1 heterocycles. The summed E-state index contributed by atoms with van der Waals surface area (Å²) in [5, 5.41) is 11.4. The zero-order valence-electron chi connectivity index (χ0n) is 13.5. The lowest BCUT2D eigenvalue weighted by atomic mass is 10.1. The van der Waals surface area contributed by atoms with Crippen molar-refractivity contribution in [1.82, 2.24) is 15.1 Å². The number of carbonyl (C=O) groups excluding carboxylic acids is 1. The second-order valence-corrected chi connectivity index (χ2v) is 5.99. The number of piperazine rings is 1. The van der Waals surface area contributed by atoms with E-state index in [0.717, 1.165) is 5.56 Å². The van der Waals surface area contributed by atoms with Crippen LogP contribution in [-0.4, -0.2) is 65.8 Å². The smallest absolute Gasteiger partial charge is 0.405 e. The maximum atomic E-state index is 12.2. The quantitative estimate of drug-likeness (QED) is 0.851. The number of rotatable bonds is 5. The minimum absolute atomic E-state index is 0.223. The largest absolute Gasteiger partial charge is 0.508 e. The number of hydrogen-bond donors (Lipinski definition) is 2. The zero-order valence-corrected chi connectivity index (χ0v) is 13.5. The van der Waals surface area contributed by atoms with Gasteiger partial charge in [0.2, 0.25) is 5.91 Å². The summed E-state index contributed by atoms with van der Waals surface area (Å²) in [6, 6.07) is 6.45. The predicted molar refractivity (Wildman–Crippen MR) is 83.5 cm³/mol. The molecule has 1 aromatic rings. The van der Waals surface area contributed by atoms with Crippen LogP contribution in [0.15, 0.2) is 24.3 Å². The number of phenols is 1. The molecule has 134 valence electrons. The molecule has 0 unspecified atom stereocenters. The molecule has 0 aromatic heterocycles. The minimum atomic E-state index is -4.39. The fourth-order valence-corrected chi connectivity index (χ4v) is 2.72. The molecule has 0 radical (unpaired) electrons. The molecule has 2 rings (SSSR count). The summed E-state index contributed by atoms with van der Waals surface area (Å²) in [7, 11) is 0. The molecule has 1 saturated heterocycles. The van der Waals surface area contributed by atoms with Crippen LogP contribution in [0.5, 0.6) is 5.75 Å². The van der Waals surface area contributed by atoms with Gasteiger partial charge in [0.05, 0.1) is 6.04 Å². The van der Waals surface area contributed by atoms with Gasteiger partial charge in [-0.3, -0.25) is 14.6 Å². The van der Waals surface area contributed by atoms with Gasteiger partial charge in [0, 0.05) is 32.7 Å². The first-order chi connectivity index (χ1) is 11.2. The first-order valence-corrected chi connectivity index (χ1v) is 7.83. The molecule has 2 N–H and O–H groups in total. The fraction of sp³-hybridized carbons (Fsp3) is 0.562. The summed E-state index contributed by atoms with van der Waals surface area (Å²) in [4.78, 5) is 15.9. The van der Waals surface area contributed by atoms with Crippen molar-refractivity contribution in [2.45, 2.75) is 25.7 Å². The number of nitrogens with one attached hydrogen (secondary N) is 1. The van der Waals surface area contributed by atoms with Gasteiger partial charge in [-0.1, -0.05) is 12.1 Å². The summed E-state index contributed by atoms with van der Waals surface area (Å²) in [5.74, 6) is -0.380. The second-order valence-electron chi connectivity index (χ2n) is 5.99. The molecule has 1 aliphatic heterocycles. The monoisotopic (exact) mass is 345 g/mol. The van der Waals surface area contributed by atoms with Crippen LogP contribution in [0, 0.1) is 0 Å². The Morgan fingerprint density at radius 3 is 2.54 bits per heavy atom.